The Balaban J connectivity index is 4.20. The number of carbonyl (C=O) groups excluding carboxylic acids is 2. The van der Waals surface area contributed by atoms with Crippen LogP contribution in [0.5, 0.6) is 0 Å². The van der Waals surface area contributed by atoms with Crippen LogP contribution in [0.25, 0.3) is 0 Å². The molecule has 0 spiro atoms. The molecule has 0 aliphatic heterocycles. The molecule has 1 amide bonds. The molecule has 0 bridgehead atoms. The fourth-order valence-corrected chi connectivity index (χ4v) is 7.05. The minimum atomic E-state index is -1.01. The van der Waals surface area contributed by atoms with Crippen molar-refractivity contribution in [2.45, 2.75) is 244 Å². The zero-order chi connectivity index (χ0) is 43.1. The number of rotatable bonds is 44. The van der Waals surface area contributed by atoms with E-state index < -0.39 is 12.0 Å². The molecular weight excluding hydrogens is 733 g/mol. The third-order valence-electron chi connectivity index (χ3n) is 10.8. The van der Waals surface area contributed by atoms with Gasteiger partial charge in [0.2, 0.25) is 5.91 Å². The van der Waals surface area contributed by atoms with Gasteiger partial charge < -0.3 is 20.9 Å². The zero-order valence-electron chi connectivity index (χ0n) is 38.3. The van der Waals surface area contributed by atoms with E-state index in [1.54, 1.807) is 0 Å². The molecule has 59 heavy (non-hydrogen) atoms. The SMILES string of the molecule is CCCCCC/C=C\C/C=C\C(CCCCCCCCC(=O)NC(CCCN)C(=O)O)OC(=O)CCCCCCCCCC/C=C\C/C=C\C/C=C\CCCCCCC. The maximum absolute atomic E-state index is 12.8. The first-order chi connectivity index (χ1) is 28.9. The van der Waals surface area contributed by atoms with Gasteiger partial charge in [-0.05, 0) is 109 Å². The minimum Gasteiger partial charge on any atom is -0.480 e. The molecule has 0 saturated heterocycles. The predicted octanol–water partition coefficient (Wildman–Crippen LogP) is 14.5. The topological polar surface area (TPSA) is 119 Å². The molecule has 0 aliphatic rings. The van der Waals surface area contributed by atoms with E-state index in [0.29, 0.717) is 32.2 Å². The monoisotopic (exact) mass is 825 g/mol. The van der Waals surface area contributed by atoms with Gasteiger partial charge in [0.1, 0.15) is 12.1 Å². The number of unbranched alkanes of at least 4 members (excludes halogenated alkanes) is 22. The van der Waals surface area contributed by atoms with Crippen molar-refractivity contribution in [3.05, 3.63) is 60.8 Å². The third kappa shape index (κ3) is 43.0. The Hall–Kier alpha value is -2.93. The molecule has 0 aliphatic carbocycles. The Bertz CT molecular complexity index is 1110. The summed E-state index contributed by atoms with van der Waals surface area (Å²) >= 11 is 0. The number of nitrogens with one attached hydrogen (secondary N) is 1. The van der Waals surface area contributed by atoms with Gasteiger partial charge in [0, 0.05) is 12.8 Å². The smallest absolute Gasteiger partial charge is 0.326 e. The van der Waals surface area contributed by atoms with Gasteiger partial charge in [-0.1, -0.05) is 178 Å². The van der Waals surface area contributed by atoms with E-state index in [0.717, 1.165) is 83.5 Å². The van der Waals surface area contributed by atoms with E-state index >= 15 is 0 Å². The number of carbonyl (C=O) groups is 3. The first-order valence-corrected chi connectivity index (χ1v) is 24.6. The second kappa shape index (κ2) is 46.1. The lowest BCUT2D eigenvalue weighted by Crippen LogP contribution is -2.40. The van der Waals surface area contributed by atoms with Crippen molar-refractivity contribution in [3.63, 3.8) is 0 Å². The maximum Gasteiger partial charge on any atom is 0.326 e. The molecule has 2 unspecified atom stereocenters. The summed E-state index contributed by atoms with van der Waals surface area (Å²) < 4.78 is 5.96. The maximum atomic E-state index is 12.8. The molecule has 0 aromatic carbocycles. The highest BCUT2D eigenvalue weighted by atomic mass is 16.5. The van der Waals surface area contributed by atoms with Crippen LogP contribution in [0.4, 0.5) is 0 Å². The normalized spacial score (nSPS) is 13.1. The summed E-state index contributed by atoms with van der Waals surface area (Å²) in [6, 6.07) is -0.859. The molecule has 7 heteroatoms. The van der Waals surface area contributed by atoms with E-state index in [4.69, 9.17) is 10.5 Å². The van der Waals surface area contributed by atoms with Crippen molar-refractivity contribution < 1.29 is 24.2 Å². The van der Waals surface area contributed by atoms with Gasteiger partial charge in [0.25, 0.3) is 0 Å². The number of esters is 1. The Labute approximate surface area is 363 Å². The second-order valence-electron chi connectivity index (χ2n) is 16.5. The largest absolute Gasteiger partial charge is 0.480 e. The number of ether oxygens (including phenoxy) is 1. The number of aliphatic carboxylic acids is 1. The van der Waals surface area contributed by atoms with Gasteiger partial charge in [0.05, 0.1) is 0 Å². The van der Waals surface area contributed by atoms with Gasteiger partial charge in [-0.15, -0.1) is 0 Å². The van der Waals surface area contributed by atoms with Gasteiger partial charge in [-0.2, -0.15) is 0 Å². The average Bonchev–Trinajstić information content (AvgIpc) is 3.22. The molecule has 0 saturated carbocycles. The van der Waals surface area contributed by atoms with Crippen molar-refractivity contribution in [1.29, 1.82) is 0 Å². The summed E-state index contributed by atoms with van der Waals surface area (Å²) in [5.74, 6) is -1.29. The van der Waals surface area contributed by atoms with Crippen LogP contribution < -0.4 is 11.1 Å². The molecule has 0 rings (SSSR count). The molecule has 0 heterocycles. The lowest BCUT2D eigenvalue weighted by atomic mass is 10.0. The molecule has 4 N–H and O–H groups in total. The summed E-state index contributed by atoms with van der Waals surface area (Å²) in [7, 11) is 0. The zero-order valence-corrected chi connectivity index (χ0v) is 38.3. The van der Waals surface area contributed by atoms with Gasteiger partial charge in [0.15, 0.2) is 0 Å². The molecule has 0 fully saturated rings. The number of allylic oxidation sites excluding steroid dienone is 9. The summed E-state index contributed by atoms with van der Waals surface area (Å²) in [6.45, 7) is 4.91. The fourth-order valence-electron chi connectivity index (χ4n) is 7.05. The highest BCUT2D eigenvalue weighted by molar-refractivity contribution is 5.83. The first kappa shape index (κ1) is 56.1. The van der Waals surface area contributed by atoms with Crippen molar-refractivity contribution in [2.75, 3.05) is 6.54 Å². The van der Waals surface area contributed by atoms with Crippen molar-refractivity contribution in [3.8, 4) is 0 Å². The Kier molecular flexibility index (Phi) is 43.9. The lowest BCUT2D eigenvalue weighted by Gasteiger charge is -2.15. The number of carboxylic acid groups (broad SMARTS) is 1. The summed E-state index contributed by atoms with van der Waals surface area (Å²) in [5.41, 5.74) is 5.48. The minimum absolute atomic E-state index is 0.0820. The van der Waals surface area contributed by atoms with Crippen molar-refractivity contribution in [1.82, 2.24) is 5.32 Å². The summed E-state index contributed by atoms with van der Waals surface area (Å²) in [5, 5.41) is 11.9. The van der Waals surface area contributed by atoms with Gasteiger partial charge in [-0.3, -0.25) is 9.59 Å². The van der Waals surface area contributed by atoms with Gasteiger partial charge in [-0.25, -0.2) is 4.79 Å². The van der Waals surface area contributed by atoms with E-state index in [1.807, 2.05) is 0 Å². The molecular formula is C52H92N2O5. The van der Waals surface area contributed by atoms with Crippen LogP contribution in [0.3, 0.4) is 0 Å². The molecule has 0 aromatic rings. The number of hydrogen-bond donors (Lipinski definition) is 3. The molecule has 2 atom stereocenters. The summed E-state index contributed by atoms with van der Waals surface area (Å²) in [6.07, 6.45) is 58.7. The summed E-state index contributed by atoms with van der Waals surface area (Å²) in [4.78, 5) is 36.3. The van der Waals surface area contributed by atoms with E-state index in [1.165, 1.54) is 109 Å². The number of nitrogens with two attached hydrogens (primary N) is 1. The van der Waals surface area contributed by atoms with Crippen LogP contribution in [0.2, 0.25) is 0 Å². The second-order valence-corrected chi connectivity index (χ2v) is 16.5. The molecule has 0 aromatic heterocycles. The number of carboxylic acids is 1. The standard InChI is InChI=1S/C52H92N2O5/c1-3-5-7-9-11-13-14-15-16-17-18-19-20-21-22-23-24-25-26-28-30-36-40-46-51(56)59-48(42-37-33-29-27-12-10-8-6-4-2)43-38-34-31-32-35-39-45-50(55)54-49(52(57)58)44-41-47-53/h14-15,17-18,20-21,27,29,37,42,48-49H,3-13,16,19,22-26,28,30-36,38-41,43-47,53H2,1-2H3,(H,54,55)(H,57,58)/b15-14-,18-17-,21-20-,29-27-,42-37-. The van der Waals surface area contributed by atoms with Crippen molar-refractivity contribution in [2.24, 2.45) is 5.73 Å². The number of hydrogen-bond acceptors (Lipinski definition) is 5. The van der Waals surface area contributed by atoms with Crippen LogP contribution in [0.1, 0.15) is 232 Å². The van der Waals surface area contributed by atoms with Crippen molar-refractivity contribution >= 4 is 17.8 Å². The Morgan fingerprint density at radius 3 is 1.44 bits per heavy atom. The Morgan fingerprint density at radius 1 is 0.508 bits per heavy atom. The van der Waals surface area contributed by atoms with Crippen LogP contribution in [-0.4, -0.2) is 41.6 Å². The quantitative estimate of drug-likeness (QED) is 0.0320. The van der Waals surface area contributed by atoms with Crippen LogP contribution in [0.15, 0.2) is 60.8 Å². The first-order valence-electron chi connectivity index (χ1n) is 24.6. The fraction of sp³-hybridized carbons (Fsp3) is 0.750. The van der Waals surface area contributed by atoms with Crippen LogP contribution in [-0.2, 0) is 19.1 Å². The third-order valence-corrected chi connectivity index (χ3v) is 10.8. The molecule has 0 radical (unpaired) electrons. The van der Waals surface area contributed by atoms with E-state index in [9.17, 15) is 19.5 Å². The average molecular weight is 825 g/mol. The van der Waals surface area contributed by atoms with E-state index in [-0.39, 0.29) is 18.0 Å². The predicted molar refractivity (Wildman–Crippen MR) is 253 cm³/mol. The Morgan fingerprint density at radius 2 is 0.932 bits per heavy atom. The molecule has 340 valence electrons. The van der Waals surface area contributed by atoms with Crippen LogP contribution in [0, 0.1) is 0 Å². The van der Waals surface area contributed by atoms with Gasteiger partial charge >= 0.3 is 11.9 Å². The van der Waals surface area contributed by atoms with Crippen LogP contribution >= 0.6 is 0 Å². The lowest BCUT2D eigenvalue weighted by molar-refractivity contribution is -0.147. The number of amides is 1. The van der Waals surface area contributed by atoms with E-state index in [2.05, 4.69) is 79.9 Å². The highest BCUT2D eigenvalue weighted by Gasteiger charge is 2.18. The molecule has 7 nitrogen and oxygen atoms in total. The highest BCUT2D eigenvalue weighted by Crippen LogP contribution is 2.16.